The zero-order valence-electron chi connectivity index (χ0n) is 28.0. The Kier molecular flexibility index (Phi) is 9.78. The van der Waals surface area contributed by atoms with E-state index >= 15 is 0 Å². The molecule has 0 saturated carbocycles. The predicted molar refractivity (Wildman–Crippen MR) is 193 cm³/mol. The Hall–Kier alpha value is -4.76. The van der Waals surface area contributed by atoms with Crippen LogP contribution in [0.3, 0.4) is 0 Å². The SMILES string of the molecule is COc1ccc(-c2sc3c(-c4ccc(OC)c(OC)c4)c(-c4ccc(OC)c(OC)c4)[se]c3c2-c2ccc(OC)c(OC)c2)cc1OC. The van der Waals surface area contributed by atoms with E-state index in [0.717, 1.165) is 38.3 Å². The third-order valence-corrected chi connectivity index (χ3v) is 12.3. The summed E-state index contributed by atoms with van der Waals surface area (Å²) in [5.74, 6) is 5.34. The van der Waals surface area contributed by atoms with Gasteiger partial charge in [0, 0.05) is 0 Å². The van der Waals surface area contributed by atoms with Gasteiger partial charge in [0.05, 0.1) is 0 Å². The molecule has 0 aliphatic rings. The fourth-order valence-electron chi connectivity index (χ4n) is 5.80. The van der Waals surface area contributed by atoms with Crippen LogP contribution in [0.1, 0.15) is 0 Å². The molecule has 2 heterocycles. The molecule has 248 valence electrons. The maximum atomic E-state index is 5.77. The predicted octanol–water partition coefficient (Wildman–Crippen LogP) is 8.70. The van der Waals surface area contributed by atoms with Crippen molar-refractivity contribution in [3.05, 3.63) is 72.8 Å². The molecule has 0 amide bonds. The average molecular weight is 732 g/mol. The van der Waals surface area contributed by atoms with Gasteiger partial charge in [-0.25, -0.2) is 0 Å². The second-order valence-electron chi connectivity index (χ2n) is 10.5. The Balaban J connectivity index is 1.73. The topological polar surface area (TPSA) is 73.8 Å². The summed E-state index contributed by atoms with van der Waals surface area (Å²) in [4.78, 5) is 1.11. The quantitative estimate of drug-likeness (QED) is 0.116. The Morgan fingerprint density at radius 1 is 0.396 bits per heavy atom. The molecule has 8 nitrogen and oxygen atoms in total. The van der Waals surface area contributed by atoms with Crippen molar-refractivity contribution in [1.29, 1.82) is 0 Å². The normalized spacial score (nSPS) is 10.9. The zero-order valence-corrected chi connectivity index (χ0v) is 30.5. The molecule has 0 unspecified atom stereocenters. The van der Waals surface area contributed by atoms with Crippen molar-refractivity contribution in [2.24, 2.45) is 0 Å². The van der Waals surface area contributed by atoms with Crippen LogP contribution in [0.5, 0.6) is 46.0 Å². The molecule has 0 fully saturated rings. The van der Waals surface area contributed by atoms with Gasteiger partial charge in [-0.15, -0.1) is 0 Å². The average Bonchev–Trinajstić information content (AvgIpc) is 3.70. The van der Waals surface area contributed by atoms with Gasteiger partial charge in [0.25, 0.3) is 0 Å². The Morgan fingerprint density at radius 2 is 0.750 bits per heavy atom. The minimum absolute atomic E-state index is 0.120. The molecule has 0 N–H and O–H groups in total. The Bertz CT molecular complexity index is 1950. The van der Waals surface area contributed by atoms with Crippen molar-refractivity contribution in [1.82, 2.24) is 0 Å². The van der Waals surface area contributed by atoms with E-state index in [1.165, 1.54) is 13.4 Å². The number of rotatable bonds is 12. The molecule has 0 aliphatic heterocycles. The van der Waals surface area contributed by atoms with E-state index in [2.05, 4.69) is 30.3 Å². The van der Waals surface area contributed by atoms with Gasteiger partial charge in [-0.3, -0.25) is 0 Å². The molecule has 10 heteroatoms. The van der Waals surface area contributed by atoms with Gasteiger partial charge in [-0.1, -0.05) is 0 Å². The van der Waals surface area contributed by atoms with Crippen LogP contribution >= 0.6 is 11.3 Å². The molecule has 48 heavy (non-hydrogen) atoms. The number of benzene rings is 4. The molecule has 6 rings (SSSR count). The molecule has 6 aromatic rings. The third kappa shape index (κ3) is 5.81. The van der Waals surface area contributed by atoms with Gasteiger partial charge < -0.3 is 0 Å². The van der Waals surface area contributed by atoms with Crippen LogP contribution in [-0.2, 0) is 0 Å². The van der Waals surface area contributed by atoms with Gasteiger partial charge in [0.15, 0.2) is 0 Å². The first-order valence-electron chi connectivity index (χ1n) is 14.9. The van der Waals surface area contributed by atoms with Crippen LogP contribution < -0.4 is 37.9 Å². The van der Waals surface area contributed by atoms with E-state index in [1.54, 1.807) is 68.2 Å². The number of hydrogen-bond donors (Lipinski definition) is 0. The number of thiophene rings is 1. The molecule has 0 bridgehead atoms. The fourth-order valence-corrected chi connectivity index (χ4v) is 10.6. The number of methoxy groups -OCH3 is 8. The summed E-state index contributed by atoms with van der Waals surface area (Å²) >= 11 is 1.64. The molecular weight excluding hydrogens is 695 g/mol. The molecule has 4 aromatic carbocycles. The van der Waals surface area contributed by atoms with Gasteiger partial charge in [-0.2, -0.15) is 0 Å². The van der Waals surface area contributed by atoms with Crippen LogP contribution in [0.2, 0.25) is 0 Å². The van der Waals surface area contributed by atoms with E-state index in [-0.39, 0.29) is 14.5 Å². The second kappa shape index (κ2) is 14.2. The summed E-state index contributed by atoms with van der Waals surface area (Å²) in [6, 6.07) is 24.4. The van der Waals surface area contributed by atoms with Crippen LogP contribution in [0.4, 0.5) is 0 Å². The Labute approximate surface area is 290 Å². The molecular formula is C38H36O8SSe. The van der Waals surface area contributed by atoms with E-state index < -0.39 is 0 Å². The van der Waals surface area contributed by atoms with Crippen molar-refractivity contribution >= 4 is 34.8 Å². The van der Waals surface area contributed by atoms with Crippen LogP contribution in [0, 0.1) is 0 Å². The summed E-state index contributed by atoms with van der Waals surface area (Å²) in [7, 11) is 13.2. The van der Waals surface area contributed by atoms with Crippen molar-refractivity contribution in [3.8, 4) is 88.7 Å². The van der Waals surface area contributed by atoms with Crippen molar-refractivity contribution < 1.29 is 37.9 Å². The summed E-state index contributed by atoms with van der Waals surface area (Å²) in [5, 5.41) is 0. The van der Waals surface area contributed by atoms with Crippen LogP contribution in [0.15, 0.2) is 72.8 Å². The summed E-state index contributed by atoms with van der Waals surface area (Å²) < 4.78 is 49.0. The van der Waals surface area contributed by atoms with Gasteiger partial charge in [-0.05, 0) is 0 Å². The third-order valence-electron chi connectivity index (χ3n) is 8.16. The molecule has 0 radical (unpaired) electrons. The first-order valence-corrected chi connectivity index (χ1v) is 17.4. The van der Waals surface area contributed by atoms with Crippen LogP contribution in [-0.4, -0.2) is 71.4 Å². The zero-order chi connectivity index (χ0) is 33.9. The van der Waals surface area contributed by atoms with E-state index in [4.69, 9.17) is 37.9 Å². The van der Waals surface area contributed by atoms with Crippen molar-refractivity contribution in [3.63, 3.8) is 0 Å². The van der Waals surface area contributed by atoms with Crippen LogP contribution in [0.25, 0.3) is 51.7 Å². The first-order chi connectivity index (χ1) is 23.4. The van der Waals surface area contributed by atoms with Gasteiger partial charge in [0.2, 0.25) is 0 Å². The number of hydrogen-bond acceptors (Lipinski definition) is 9. The minimum atomic E-state index is -0.120. The van der Waals surface area contributed by atoms with Crippen molar-refractivity contribution in [2.75, 3.05) is 56.9 Å². The monoisotopic (exact) mass is 732 g/mol. The molecule has 0 aliphatic carbocycles. The second-order valence-corrected chi connectivity index (χ2v) is 13.7. The number of ether oxygens (including phenoxy) is 8. The van der Waals surface area contributed by atoms with E-state index in [1.807, 2.05) is 42.5 Å². The van der Waals surface area contributed by atoms with E-state index in [9.17, 15) is 0 Å². The summed E-state index contributed by atoms with van der Waals surface area (Å²) in [5.41, 5.74) is 6.40. The molecule has 2 aromatic heterocycles. The van der Waals surface area contributed by atoms with Gasteiger partial charge in [0.1, 0.15) is 0 Å². The summed E-state index contributed by atoms with van der Waals surface area (Å²) in [6.07, 6.45) is 0. The maximum absolute atomic E-state index is 5.77. The standard InChI is InChI=1S/C38H36O8SSe/c1-39-25-13-9-21(17-29(25)43-5)33-35(23-11-15-27(41-3)31(19-23)45-7)47-36-34(22-10-14-26(40-2)30(18-22)44-6)37(48-38(33)36)24-12-16-28(42-4)32(20-24)46-8/h9-20H,1-8H3. The summed E-state index contributed by atoms with van der Waals surface area (Å²) in [6.45, 7) is 0. The molecule has 0 spiro atoms. The fraction of sp³-hybridized carbons (Fsp3) is 0.211. The number of fused-ring (bicyclic) bond motifs is 1. The van der Waals surface area contributed by atoms with Crippen molar-refractivity contribution in [2.45, 2.75) is 0 Å². The molecule has 0 atom stereocenters. The first kappa shape index (κ1) is 33.2. The molecule has 0 saturated heterocycles. The Morgan fingerprint density at radius 3 is 1.19 bits per heavy atom. The van der Waals surface area contributed by atoms with E-state index in [0.29, 0.717) is 46.0 Å². The van der Waals surface area contributed by atoms with Gasteiger partial charge >= 0.3 is 291 Å².